The predicted molar refractivity (Wildman–Crippen MR) is 72.2 cm³/mol. The molecule has 0 aliphatic carbocycles. The van der Waals surface area contributed by atoms with Gasteiger partial charge in [-0.2, -0.15) is 0 Å². The van der Waals surface area contributed by atoms with Crippen LogP contribution in [0.3, 0.4) is 0 Å². The van der Waals surface area contributed by atoms with Gasteiger partial charge in [-0.3, -0.25) is 5.32 Å². The Morgan fingerprint density at radius 1 is 1.26 bits per heavy atom. The fraction of sp³-hybridized carbons (Fsp3) is 0.0714. The maximum Gasteiger partial charge on any atom is 0.167 e. The normalized spacial score (nSPS) is 13.8. The monoisotopic (exact) mass is 273 g/mol. The summed E-state index contributed by atoms with van der Waals surface area (Å²) in [6.07, 6.45) is 3.45. The molecule has 19 heavy (non-hydrogen) atoms. The standard InChI is InChI=1S/C14H10ClN2O2/c1-18-12-5-6-16-14(12)11-8-13(19-17-11)9-3-2-4-10(15)7-9/h2-8H,1H3. The van der Waals surface area contributed by atoms with Gasteiger partial charge in [-0.15, -0.1) is 0 Å². The summed E-state index contributed by atoms with van der Waals surface area (Å²) in [6.45, 7) is 0. The van der Waals surface area contributed by atoms with Gasteiger partial charge in [0.05, 0.1) is 7.11 Å². The second kappa shape index (κ2) is 4.82. The van der Waals surface area contributed by atoms with E-state index in [0.717, 1.165) is 5.56 Å². The average Bonchev–Trinajstić information content (AvgIpc) is 3.07. The Balaban J connectivity index is 1.96. The summed E-state index contributed by atoms with van der Waals surface area (Å²) in [5.74, 6) is 1.31. The number of methoxy groups -OCH3 is 1. The molecular weight excluding hydrogens is 264 g/mol. The lowest BCUT2D eigenvalue weighted by molar-refractivity contribution is 0.309. The number of hydrogen-bond acceptors (Lipinski definition) is 3. The Kier molecular flexibility index (Phi) is 3.01. The van der Waals surface area contributed by atoms with E-state index in [1.54, 1.807) is 19.4 Å². The van der Waals surface area contributed by atoms with E-state index in [4.69, 9.17) is 20.9 Å². The molecule has 0 saturated carbocycles. The number of ether oxygens (including phenoxy) is 1. The summed E-state index contributed by atoms with van der Waals surface area (Å²) < 4.78 is 10.5. The SMILES string of the molecule is COC1=C(c2cc(-c3cccc(Cl)c3)on2)[N]C=C1. The summed E-state index contributed by atoms with van der Waals surface area (Å²) in [7, 11) is 1.60. The van der Waals surface area contributed by atoms with Gasteiger partial charge >= 0.3 is 0 Å². The molecule has 0 saturated heterocycles. The molecule has 0 N–H and O–H groups in total. The summed E-state index contributed by atoms with van der Waals surface area (Å²) in [5, 5.41) is 8.87. The molecule has 1 aromatic heterocycles. The molecule has 2 heterocycles. The lowest BCUT2D eigenvalue weighted by atomic mass is 10.1. The van der Waals surface area contributed by atoms with Gasteiger partial charge in [-0.25, -0.2) is 0 Å². The molecule has 0 atom stereocenters. The molecule has 0 unspecified atom stereocenters. The van der Waals surface area contributed by atoms with Gasteiger partial charge in [0, 0.05) is 28.9 Å². The molecule has 3 rings (SSSR count). The van der Waals surface area contributed by atoms with Crippen LogP contribution >= 0.6 is 11.6 Å². The van der Waals surface area contributed by atoms with Crippen molar-refractivity contribution in [1.29, 1.82) is 0 Å². The molecule has 2 aromatic rings. The first-order valence-corrected chi connectivity index (χ1v) is 6.04. The van der Waals surface area contributed by atoms with Crippen molar-refractivity contribution in [2.45, 2.75) is 0 Å². The van der Waals surface area contributed by atoms with Crippen molar-refractivity contribution >= 4 is 17.3 Å². The van der Waals surface area contributed by atoms with Gasteiger partial charge < -0.3 is 9.26 Å². The molecule has 4 nitrogen and oxygen atoms in total. The minimum Gasteiger partial charge on any atom is -0.494 e. The van der Waals surface area contributed by atoms with Crippen LogP contribution in [0.1, 0.15) is 5.69 Å². The van der Waals surface area contributed by atoms with Crippen LogP contribution in [0.5, 0.6) is 0 Å². The lowest BCUT2D eigenvalue weighted by Gasteiger charge is -1.99. The van der Waals surface area contributed by atoms with Crippen molar-refractivity contribution in [3.63, 3.8) is 0 Å². The first-order valence-electron chi connectivity index (χ1n) is 5.66. The number of rotatable bonds is 3. The van der Waals surface area contributed by atoms with E-state index in [0.29, 0.717) is 27.9 Å². The molecule has 1 aromatic carbocycles. The van der Waals surface area contributed by atoms with Gasteiger partial charge in [-0.05, 0) is 12.1 Å². The second-order valence-electron chi connectivity index (χ2n) is 3.95. The number of nitrogens with zero attached hydrogens (tertiary/aromatic N) is 2. The zero-order valence-corrected chi connectivity index (χ0v) is 10.9. The Bertz CT molecular complexity index is 674. The Morgan fingerprint density at radius 2 is 2.16 bits per heavy atom. The van der Waals surface area contributed by atoms with E-state index in [1.165, 1.54) is 0 Å². The maximum atomic E-state index is 5.95. The van der Waals surface area contributed by atoms with Crippen LogP contribution in [0.4, 0.5) is 0 Å². The van der Waals surface area contributed by atoms with Crippen LogP contribution in [-0.2, 0) is 4.74 Å². The maximum absolute atomic E-state index is 5.95. The molecule has 0 fully saturated rings. The summed E-state index contributed by atoms with van der Waals surface area (Å²) in [5.41, 5.74) is 2.17. The minimum absolute atomic E-state index is 0.636. The van der Waals surface area contributed by atoms with E-state index in [9.17, 15) is 0 Å². The lowest BCUT2D eigenvalue weighted by Crippen LogP contribution is -1.95. The van der Waals surface area contributed by atoms with E-state index >= 15 is 0 Å². The van der Waals surface area contributed by atoms with E-state index < -0.39 is 0 Å². The van der Waals surface area contributed by atoms with Crippen LogP contribution in [0.25, 0.3) is 17.0 Å². The molecular formula is C14H10ClN2O2. The van der Waals surface area contributed by atoms with E-state index in [2.05, 4.69) is 10.5 Å². The van der Waals surface area contributed by atoms with Crippen LogP contribution < -0.4 is 5.32 Å². The Hall–Kier alpha value is -2.20. The molecule has 1 radical (unpaired) electrons. The smallest absolute Gasteiger partial charge is 0.167 e. The quantitative estimate of drug-likeness (QED) is 0.861. The Labute approximate surface area is 115 Å². The molecule has 95 valence electrons. The van der Waals surface area contributed by atoms with Gasteiger partial charge in [0.2, 0.25) is 0 Å². The largest absolute Gasteiger partial charge is 0.494 e. The molecule has 1 aliphatic heterocycles. The molecule has 0 spiro atoms. The third kappa shape index (κ3) is 2.22. The van der Waals surface area contributed by atoms with Gasteiger partial charge in [0.25, 0.3) is 0 Å². The van der Waals surface area contributed by atoms with Crippen LogP contribution in [-0.4, -0.2) is 12.3 Å². The fourth-order valence-electron chi connectivity index (χ4n) is 1.84. The van der Waals surface area contributed by atoms with Crippen LogP contribution in [0.2, 0.25) is 5.02 Å². The summed E-state index contributed by atoms with van der Waals surface area (Å²) in [6, 6.07) is 9.22. The first kappa shape index (κ1) is 11.9. The zero-order valence-electron chi connectivity index (χ0n) is 10.1. The zero-order chi connectivity index (χ0) is 13.2. The van der Waals surface area contributed by atoms with Gasteiger partial charge in [0.1, 0.15) is 17.2 Å². The molecule has 0 amide bonds. The van der Waals surface area contributed by atoms with Crippen molar-refractivity contribution < 1.29 is 9.26 Å². The molecule has 5 heteroatoms. The van der Waals surface area contributed by atoms with Gasteiger partial charge in [-0.1, -0.05) is 28.9 Å². The average molecular weight is 274 g/mol. The highest BCUT2D eigenvalue weighted by Crippen LogP contribution is 2.28. The third-order valence-corrected chi connectivity index (χ3v) is 2.98. The number of allylic oxidation sites excluding steroid dienone is 1. The summed E-state index contributed by atoms with van der Waals surface area (Å²) in [4.78, 5) is 0. The van der Waals surface area contributed by atoms with Crippen molar-refractivity contribution in [3.05, 3.63) is 59.1 Å². The highest BCUT2D eigenvalue weighted by atomic mass is 35.5. The van der Waals surface area contributed by atoms with Crippen molar-refractivity contribution in [1.82, 2.24) is 10.5 Å². The van der Waals surface area contributed by atoms with Gasteiger partial charge in [0.15, 0.2) is 5.76 Å². The molecule has 1 aliphatic rings. The number of aromatic nitrogens is 1. The second-order valence-corrected chi connectivity index (χ2v) is 4.39. The fourth-order valence-corrected chi connectivity index (χ4v) is 2.03. The summed E-state index contributed by atoms with van der Waals surface area (Å²) >= 11 is 5.95. The third-order valence-electron chi connectivity index (χ3n) is 2.74. The topological polar surface area (TPSA) is 49.4 Å². The van der Waals surface area contributed by atoms with E-state index in [1.807, 2.05) is 30.3 Å². The van der Waals surface area contributed by atoms with Crippen molar-refractivity contribution in [2.75, 3.05) is 7.11 Å². The highest BCUT2D eigenvalue weighted by molar-refractivity contribution is 6.30. The van der Waals surface area contributed by atoms with E-state index in [-0.39, 0.29) is 0 Å². The van der Waals surface area contributed by atoms with Crippen molar-refractivity contribution in [3.8, 4) is 11.3 Å². The number of halogens is 1. The number of hydrogen-bond donors (Lipinski definition) is 0. The van der Waals surface area contributed by atoms with Crippen LogP contribution in [0, 0.1) is 0 Å². The highest BCUT2D eigenvalue weighted by Gasteiger charge is 2.18. The molecule has 0 bridgehead atoms. The Morgan fingerprint density at radius 3 is 2.95 bits per heavy atom. The number of benzene rings is 1. The minimum atomic E-state index is 0.636. The first-order chi connectivity index (χ1) is 9.28. The van der Waals surface area contributed by atoms with Crippen LogP contribution in [0.15, 0.2) is 52.9 Å². The van der Waals surface area contributed by atoms with Crippen molar-refractivity contribution in [2.24, 2.45) is 0 Å². The predicted octanol–water partition coefficient (Wildman–Crippen LogP) is 3.44.